The maximum absolute atomic E-state index is 13.6. The van der Waals surface area contributed by atoms with Gasteiger partial charge in [-0.05, 0) is 18.1 Å². The lowest BCUT2D eigenvalue weighted by Crippen LogP contribution is -2.42. The average Bonchev–Trinajstić information content (AvgIpc) is 2.40. The predicted octanol–water partition coefficient (Wildman–Crippen LogP) is 3.16. The highest BCUT2D eigenvalue weighted by atomic mass is 35.5. The zero-order valence-electron chi connectivity index (χ0n) is 11.4. The Balaban J connectivity index is 2.79. The Labute approximate surface area is 118 Å². The van der Waals surface area contributed by atoms with Crippen LogP contribution >= 0.6 is 11.6 Å². The zero-order valence-corrected chi connectivity index (χ0v) is 12.1. The van der Waals surface area contributed by atoms with E-state index in [1.54, 1.807) is 12.1 Å². The number of carbonyl (C=O) groups is 1. The average molecular weight is 288 g/mol. The number of ether oxygens (including phenoxy) is 1. The fourth-order valence-corrected chi connectivity index (χ4v) is 2.02. The molecule has 0 heterocycles. The van der Waals surface area contributed by atoms with Crippen LogP contribution in [-0.2, 0) is 16.1 Å². The van der Waals surface area contributed by atoms with Gasteiger partial charge in [-0.3, -0.25) is 10.1 Å². The summed E-state index contributed by atoms with van der Waals surface area (Å²) < 4.78 is 18.4. The van der Waals surface area contributed by atoms with Gasteiger partial charge in [0, 0.05) is 17.1 Å². The number of methoxy groups -OCH3 is 1. The number of hydrogen-bond acceptors (Lipinski definition) is 3. The second-order valence-corrected chi connectivity index (χ2v) is 4.87. The zero-order chi connectivity index (χ0) is 14.4. The van der Waals surface area contributed by atoms with Crippen molar-refractivity contribution < 1.29 is 13.9 Å². The van der Waals surface area contributed by atoms with Crippen LogP contribution in [0.5, 0.6) is 0 Å². The van der Waals surface area contributed by atoms with Crippen molar-refractivity contribution in [3.05, 3.63) is 34.6 Å². The summed E-state index contributed by atoms with van der Waals surface area (Å²) in [7, 11) is 1.34. The van der Waals surface area contributed by atoms with Gasteiger partial charge in [0.05, 0.1) is 7.11 Å². The quantitative estimate of drug-likeness (QED) is 0.817. The van der Waals surface area contributed by atoms with E-state index in [0.717, 1.165) is 6.42 Å². The molecule has 1 aromatic carbocycles. The van der Waals surface area contributed by atoms with E-state index < -0.39 is 6.04 Å². The summed E-state index contributed by atoms with van der Waals surface area (Å²) in [6.45, 7) is 4.12. The lowest BCUT2D eigenvalue weighted by Gasteiger charge is -2.22. The van der Waals surface area contributed by atoms with Crippen molar-refractivity contribution in [3.8, 4) is 0 Å². The molecule has 1 N–H and O–H groups in total. The van der Waals surface area contributed by atoms with Crippen molar-refractivity contribution >= 4 is 17.6 Å². The Hall–Kier alpha value is -1.13. The topological polar surface area (TPSA) is 38.3 Å². The van der Waals surface area contributed by atoms with Gasteiger partial charge < -0.3 is 4.74 Å². The van der Waals surface area contributed by atoms with E-state index in [1.807, 2.05) is 13.8 Å². The Bertz CT molecular complexity index is 419. The van der Waals surface area contributed by atoms with Gasteiger partial charge in [-0.25, -0.2) is 4.39 Å². The van der Waals surface area contributed by atoms with Gasteiger partial charge in [0.25, 0.3) is 0 Å². The highest BCUT2D eigenvalue weighted by Gasteiger charge is 2.24. The third kappa shape index (κ3) is 4.18. The predicted molar refractivity (Wildman–Crippen MR) is 73.5 cm³/mol. The molecule has 5 heteroatoms. The molecule has 106 valence electrons. The first-order valence-electron chi connectivity index (χ1n) is 6.25. The summed E-state index contributed by atoms with van der Waals surface area (Å²) in [6, 6.07) is 4.05. The fourth-order valence-electron chi connectivity index (χ4n) is 1.79. The Morgan fingerprint density at radius 2 is 2.21 bits per heavy atom. The first-order chi connectivity index (χ1) is 9.01. The third-order valence-corrected chi connectivity index (χ3v) is 3.58. The highest BCUT2D eigenvalue weighted by molar-refractivity contribution is 6.31. The van der Waals surface area contributed by atoms with Gasteiger partial charge >= 0.3 is 5.97 Å². The van der Waals surface area contributed by atoms with Crippen molar-refractivity contribution in [2.24, 2.45) is 5.92 Å². The van der Waals surface area contributed by atoms with Gasteiger partial charge in [0.15, 0.2) is 0 Å². The molecule has 2 unspecified atom stereocenters. The third-order valence-electron chi connectivity index (χ3n) is 3.23. The van der Waals surface area contributed by atoms with Crippen LogP contribution in [-0.4, -0.2) is 19.1 Å². The van der Waals surface area contributed by atoms with Crippen LogP contribution in [0.1, 0.15) is 25.8 Å². The van der Waals surface area contributed by atoms with E-state index in [2.05, 4.69) is 5.32 Å². The highest BCUT2D eigenvalue weighted by Crippen LogP contribution is 2.19. The normalized spacial score (nSPS) is 13.9. The monoisotopic (exact) mass is 287 g/mol. The summed E-state index contributed by atoms with van der Waals surface area (Å²) in [4.78, 5) is 11.7. The van der Waals surface area contributed by atoms with Gasteiger partial charge in [-0.1, -0.05) is 37.9 Å². The van der Waals surface area contributed by atoms with Crippen molar-refractivity contribution in [2.45, 2.75) is 32.9 Å². The summed E-state index contributed by atoms with van der Waals surface area (Å²) in [5, 5.41) is 3.37. The molecule has 0 aromatic heterocycles. The van der Waals surface area contributed by atoms with Crippen LogP contribution in [0.15, 0.2) is 18.2 Å². The van der Waals surface area contributed by atoms with E-state index in [-0.39, 0.29) is 24.2 Å². The minimum absolute atomic E-state index is 0.0954. The molecule has 1 aromatic rings. The maximum atomic E-state index is 13.6. The molecular formula is C14H19ClFNO2. The van der Waals surface area contributed by atoms with Gasteiger partial charge in [0.2, 0.25) is 0 Å². The fraction of sp³-hybridized carbons (Fsp3) is 0.500. The second-order valence-electron chi connectivity index (χ2n) is 4.47. The smallest absolute Gasteiger partial charge is 0.323 e. The molecule has 0 aliphatic rings. The summed E-state index contributed by atoms with van der Waals surface area (Å²) >= 11 is 5.94. The molecule has 0 radical (unpaired) electrons. The molecular weight excluding hydrogens is 269 g/mol. The first kappa shape index (κ1) is 15.9. The molecule has 0 aliphatic heterocycles. The van der Waals surface area contributed by atoms with Crippen molar-refractivity contribution in [1.82, 2.24) is 5.32 Å². The molecule has 1 rings (SSSR count). The largest absolute Gasteiger partial charge is 0.468 e. The number of benzene rings is 1. The molecule has 0 amide bonds. The van der Waals surface area contributed by atoms with E-state index in [1.165, 1.54) is 13.2 Å². The standard InChI is InChI=1S/C14H19ClFNO2/c1-4-9(2)13(14(18)19-3)17-8-10-11(15)6-5-7-12(10)16/h5-7,9,13,17H,4,8H2,1-3H3. The number of halogens is 2. The molecule has 0 spiro atoms. The van der Waals surface area contributed by atoms with Crippen LogP contribution in [0.4, 0.5) is 4.39 Å². The van der Waals surface area contributed by atoms with Crippen molar-refractivity contribution in [3.63, 3.8) is 0 Å². The number of hydrogen-bond donors (Lipinski definition) is 1. The van der Waals surface area contributed by atoms with E-state index >= 15 is 0 Å². The van der Waals surface area contributed by atoms with Crippen molar-refractivity contribution in [1.29, 1.82) is 0 Å². The Kier molecular flexibility index (Phi) is 6.25. The van der Waals surface area contributed by atoms with Crippen LogP contribution in [0.25, 0.3) is 0 Å². The van der Waals surface area contributed by atoms with Crippen LogP contribution in [0.2, 0.25) is 5.02 Å². The van der Waals surface area contributed by atoms with Crippen LogP contribution in [0.3, 0.4) is 0 Å². The molecule has 2 atom stereocenters. The molecule has 3 nitrogen and oxygen atoms in total. The SMILES string of the molecule is CCC(C)C(NCc1c(F)cccc1Cl)C(=O)OC. The Morgan fingerprint density at radius 1 is 1.53 bits per heavy atom. The number of rotatable bonds is 6. The molecule has 19 heavy (non-hydrogen) atoms. The van der Waals surface area contributed by atoms with Crippen LogP contribution < -0.4 is 5.32 Å². The van der Waals surface area contributed by atoms with E-state index in [0.29, 0.717) is 10.6 Å². The number of nitrogens with one attached hydrogen (secondary N) is 1. The Morgan fingerprint density at radius 3 is 2.74 bits per heavy atom. The van der Waals surface area contributed by atoms with Gasteiger partial charge in [0.1, 0.15) is 11.9 Å². The summed E-state index contributed by atoms with van der Waals surface area (Å²) in [5.41, 5.74) is 0.362. The maximum Gasteiger partial charge on any atom is 0.323 e. The lowest BCUT2D eigenvalue weighted by atomic mass is 9.99. The van der Waals surface area contributed by atoms with E-state index in [9.17, 15) is 9.18 Å². The minimum Gasteiger partial charge on any atom is -0.468 e. The second kappa shape index (κ2) is 7.46. The minimum atomic E-state index is -0.467. The first-order valence-corrected chi connectivity index (χ1v) is 6.63. The van der Waals surface area contributed by atoms with E-state index in [4.69, 9.17) is 16.3 Å². The molecule has 0 aliphatic carbocycles. The number of carbonyl (C=O) groups excluding carboxylic acids is 1. The van der Waals surface area contributed by atoms with Gasteiger partial charge in [-0.2, -0.15) is 0 Å². The van der Waals surface area contributed by atoms with Crippen LogP contribution in [0, 0.1) is 11.7 Å². The molecule has 0 fully saturated rings. The van der Waals surface area contributed by atoms with Crippen molar-refractivity contribution in [2.75, 3.05) is 7.11 Å². The summed E-state index contributed by atoms with van der Waals surface area (Å²) in [6.07, 6.45) is 0.817. The number of esters is 1. The lowest BCUT2D eigenvalue weighted by molar-refractivity contribution is -0.144. The molecule has 0 bridgehead atoms. The summed E-state index contributed by atoms with van der Waals surface area (Å²) in [5.74, 6) is -0.632. The van der Waals surface area contributed by atoms with Gasteiger partial charge in [-0.15, -0.1) is 0 Å². The molecule has 0 saturated carbocycles. The molecule has 0 saturated heterocycles.